The zero-order valence-corrected chi connectivity index (χ0v) is 13.2. The van der Waals surface area contributed by atoms with Crippen LogP contribution in [0, 0.1) is 0 Å². The molecule has 0 bridgehead atoms. The molecule has 5 nitrogen and oxygen atoms in total. The van der Waals surface area contributed by atoms with E-state index in [9.17, 15) is 5.11 Å². The van der Waals surface area contributed by atoms with E-state index in [2.05, 4.69) is 26.5 Å². The summed E-state index contributed by atoms with van der Waals surface area (Å²) in [6.07, 6.45) is 1.60. The van der Waals surface area contributed by atoms with E-state index in [1.165, 1.54) is 7.11 Å². The van der Waals surface area contributed by atoms with Gasteiger partial charge in [-0.2, -0.15) is 5.10 Å². The van der Waals surface area contributed by atoms with Crippen molar-refractivity contribution in [2.45, 2.75) is 0 Å². The van der Waals surface area contributed by atoms with Gasteiger partial charge >= 0.3 is 0 Å². The molecule has 0 spiro atoms. The van der Waals surface area contributed by atoms with Crippen LogP contribution in [0.15, 0.2) is 46.0 Å². The zero-order valence-electron chi connectivity index (χ0n) is 11.6. The molecule has 0 atom stereocenters. The number of methoxy groups -OCH3 is 2. The topological polar surface area (TPSA) is 63.1 Å². The molecular weight excluding hydrogens is 336 g/mol. The third kappa shape index (κ3) is 3.66. The van der Waals surface area contributed by atoms with Gasteiger partial charge in [0.25, 0.3) is 0 Å². The van der Waals surface area contributed by atoms with Crippen LogP contribution < -0.4 is 14.9 Å². The van der Waals surface area contributed by atoms with Crippen molar-refractivity contribution in [1.29, 1.82) is 0 Å². The number of halogens is 1. The average Bonchev–Trinajstić information content (AvgIpc) is 2.52. The first-order valence-corrected chi connectivity index (χ1v) is 6.93. The molecule has 0 aliphatic rings. The van der Waals surface area contributed by atoms with E-state index in [4.69, 9.17) is 9.47 Å². The summed E-state index contributed by atoms with van der Waals surface area (Å²) >= 11 is 3.31. The maximum Gasteiger partial charge on any atom is 0.172 e. The van der Waals surface area contributed by atoms with Crippen LogP contribution >= 0.6 is 15.9 Å². The maximum absolute atomic E-state index is 9.88. The van der Waals surface area contributed by atoms with Gasteiger partial charge in [-0.05, 0) is 52.3 Å². The third-order valence-corrected chi connectivity index (χ3v) is 3.65. The number of ether oxygens (including phenoxy) is 2. The standard InChI is InChI=1S/C15H15BrN2O3/c1-20-12-6-4-11(5-7-12)18-17-9-10-3-8-13(21-2)15(19)14(10)16/h3-9,18-19H,1-2H3/b17-9+. The smallest absolute Gasteiger partial charge is 0.172 e. The molecule has 0 saturated heterocycles. The summed E-state index contributed by atoms with van der Waals surface area (Å²) in [7, 11) is 3.12. The van der Waals surface area contributed by atoms with Gasteiger partial charge < -0.3 is 14.6 Å². The Morgan fingerprint density at radius 2 is 1.81 bits per heavy atom. The average molecular weight is 351 g/mol. The maximum atomic E-state index is 9.88. The quantitative estimate of drug-likeness (QED) is 0.638. The molecule has 0 unspecified atom stereocenters. The zero-order chi connectivity index (χ0) is 15.2. The molecule has 0 heterocycles. The number of hydrazone groups is 1. The van der Waals surface area contributed by atoms with Gasteiger partial charge in [0.15, 0.2) is 11.5 Å². The Morgan fingerprint density at radius 3 is 2.43 bits per heavy atom. The van der Waals surface area contributed by atoms with Crippen LogP contribution in [0.4, 0.5) is 5.69 Å². The minimum Gasteiger partial charge on any atom is -0.503 e. The molecule has 0 aliphatic carbocycles. The van der Waals surface area contributed by atoms with E-state index in [0.717, 1.165) is 17.0 Å². The molecule has 0 saturated carbocycles. The Balaban J connectivity index is 2.09. The van der Waals surface area contributed by atoms with Gasteiger partial charge in [-0.3, -0.25) is 5.43 Å². The highest BCUT2D eigenvalue weighted by molar-refractivity contribution is 9.10. The molecule has 2 N–H and O–H groups in total. The van der Waals surface area contributed by atoms with Crippen LogP contribution in [-0.4, -0.2) is 25.5 Å². The van der Waals surface area contributed by atoms with Crippen molar-refractivity contribution in [1.82, 2.24) is 0 Å². The number of hydrogen-bond acceptors (Lipinski definition) is 5. The minimum absolute atomic E-state index is 0.0471. The molecule has 21 heavy (non-hydrogen) atoms. The highest BCUT2D eigenvalue weighted by Gasteiger charge is 2.09. The highest BCUT2D eigenvalue weighted by atomic mass is 79.9. The van der Waals surface area contributed by atoms with E-state index < -0.39 is 0 Å². The lowest BCUT2D eigenvalue weighted by Gasteiger charge is -2.07. The van der Waals surface area contributed by atoms with E-state index in [1.54, 1.807) is 25.5 Å². The molecule has 2 rings (SSSR count). The van der Waals surface area contributed by atoms with Crippen LogP contribution in [0.3, 0.4) is 0 Å². The molecule has 2 aromatic carbocycles. The second kappa shape index (κ2) is 6.99. The lowest BCUT2D eigenvalue weighted by molar-refractivity contribution is 0.372. The summed E-state index contributed by atoms with van der Waals surface area (Å²) in [5, 5.41) is 14.0. The number of benzene rings is 2. The van der Waals surface area contributed by atoms with E-state index in [0.29, 0.717) is 10.2 Å². The predicted molar refractivity (Wildman–Crippen MR) is 86.6 cm³/mol. The number of phenols is 1. The Bertz CT molecular complexity index is 642. The van der Waals surface area contributed by atoms with Crippen LogP contribution in [0.1, 0.15) is 5.56 Å². The molecule has 0 aliphatic heterocycles. The first-order valence-electron chi connectivity index (χ1n) is 6.14. The van der Waals surface area contributed by atoms with Crippen LogP contribution in [0.5, 0.6) is 17.2 Å². The summed E-state index contributed by atoms with van der Waals surface area (Å²) in [4.78, 5) is 0. The van der Waals surface area contributed by atoms with Crippen molar-refractivity contribution < 1.29 is 14.6 Å². The number of nitrogens with zero attached hydrogens (tertiary/aromatic N) is 1. The molecule has 6 heteroatoms. The Hall–Kier alpha value is -2.21. The summed E-state index contributed by atoms with van der Waals surface area (Å²) < 4.78 is 10.6. The fraction of sp³-hybridized carbons (Fsp3) is 0.133. The van der Waals surface area contributed by atoms with Gasteiger partial charge in [0, 0.05) is 5.56 Å². The molecule has 110 valence electrons. The first kappa shape index (κ1) is 15.2. The van der Waals surface area contributed by atoms with Gasteiger partial charge in [0.2, 0.25) is 0 Å². The largest absolute Gasteiger partial charge is 0.503 e. The number of aromatic hydroxyl groups is 1. The normalized spacial score (nSPS) is 10.6. The summed E-state index contributed by atoms with van der Waals surface area (Å²) in [6, 6.07) is 10.9. The third-order valence-electron chi connectivity index (χ3n) is 2.82. The first-order chi connectivity index (χ1) is 10.2. The van der Waals surface area contributed by atoms with E-state index in [1.807, 2.05) is 24.3 Å². The summed E-state index contributed by atoms with van der Waals surface area (Å²) in [5.41, 5.74) is 4.46. The molecule has 0 fully saturated rings. The molecule has 2 aromatic rings. The van der Waals surface area contributed by atoms with Crippen molar-refractivity contribution in [2.24, 2.45) is 5.10 Å². The van der Waals surface area contributed by atoms with E-state index >= 15 is 0 Å². The number of hydrogen-bond donors (Lipinski definition) is 2. The number of rotatable bonds is 5. The minimum atomic E-state index is 0.0471. The van der Waals surface area contributed by atoms with Gasteiger partial charge in [-0.25, -0.2) is 0 Å². The molecular formula is C15H15BrN2O3. The van der Waals surface area contributed by atoms with Crippen molar-refractivity contribution in [3.8, 4) is 17.2 Å². The van der Waals surface area contributed by atoms with Crippen LogP contribution in [0.2, 0.25) is 0 Å². The fourth-order valence-corrected chi connectivity index (χ4v) is 2.10. The van der Waals surface area contributed by atoms with Gasteiger partial charge in [-0.1, -0.05) is 0 Å². The second-order valence-electron chi connectivity index (χ2n) is 4.12. The highest BCUT2D eigenvalue weighted by Crippen LogP contribution is 2.35. The van der Waals surface area contributed by atoms with Crippen LogP contribution in [-0.2, 0) is 0 Å². The lowest BCUT2D eigenvalue weighted by Crippen LogP contribution is -1.93. The fourth-order valence-electron chi connectivity index (χ4n) is 1.67. The van der Waals surface area contributed by atoms with Gasteiger partial charge in [-0.15, -0.1) is 0 Å². The Kier molecular flexibility index (Phi) is 5.05. The second-order valence-corrected chi connectivity index (χ2v) is 4.91. The van der Waals surface area contributed by atoms with Crippen molar-refractivity contribution in [3.63, 3.8) is 0 Å². The van der Waals surface area contributed by atoms with Gasteiger partial charge in [0.1, 0.15) is 5.75 Å². The molecule has 0 aromatic heterocycles. The predicted octanol–water partition coefficient (Wildman–Crippen LogP) is 3.62. The Labute approximate surface area is 131 Å². The number of anilines is 1. The summed E-state index contributed by atoms with van der Waals surface area (Å²) in [5.74, 6) is 1.24. The Morgan fingerprint density at radius 1 is 1.10 bits per heavy atom. The summed E-state index contributed by atoms with van der Waals surface area (Å²) in [6.45, 7) is 0. The van der Waals surface area contributed by atoms with Crippen LogP contribution in [0.25, 0.3) is 0 Å². The molecule has 0 amide bonds. The molecule has 0 radical (unpaired) electrons. The number of nitrogens with one attached hydrogen (secondary N) is 1. The van der Waals surface area contributed by atoms with E-state index in [-0.39, 0.29) is 5.75 Å². The van der Waals surface area contributed by atoms with Crippen molar-refractivity contribution in [2.75, 3.05) is 19.6 Å². The SMILES string of the molecule is COc1ccc(N/N=C/c2ccc(OC)c(O)c2Br)cc1. The van der Waals surface area contributed by atoms with Gasteiger partial charge in [0.05, 0.1) is 30.6 Å². The number of phenolic OH excluding ortho intramolecular Hbond substituents is 1. The lowest BCUT2D eigenvalue weighted by atomic mass is 10.2. The van der Waals surface area contributed by atoms with Crippen molar-refractivity contribution in [3.05, 3.63) is 46.4 Å². The monoisotopic (exact) mass is 350 g/mol. The van der Waals surface area contributed by atoms with Crippen molar-refractivity contribution >= 4 is 27.8 Å².